The van der Waals surface area contributed by atoms with E-state index in [4.69, 9.17) is 0 Å². The number of hydrogen-bond acceptors (Lipinski definition) is 6. The van der Waals surface area contributed by atoms with Crippen molar-refractivity contribution < 1.29 is 27.1 Å². The fourth-order valence-electron chi connectivity index (χ4n) is 2.58. The van der Waals surface area contributed by atoms with Gasteiger partial charge in [0.25, 0.3) is 0 Å². The minimum absolute atomic E-state index is 0.136. The fraction of sp³-hybridized carbons (Fsp3) is 0.300. The van der Waals surface area contributed by atoms with Gasteiger partial charge in [-0.15, -0.1) is 0 Å². The van der Waals surface area contributed by atoms with E-state index in [1.165, 1.54) is 31.0 Å². The van der Waals surface area contributed by atoms with Crippen LogP contribution < -0.4 is 10.0 Å². The van der Waals surface area contributed by atoms with Crippen molar-refractivity contribution in [1.82, 2.24) is 10.0 Å². The minimum atomic E-state index is -4.21. The Hall–Kier alpha value is -2.43. The van der Waals surface area contributed by atoms with Crippen LogP contribution in [0.4, 0.5) is 4.39 Å². The van der Waals surface area contributed by atoms with Gasteiger partial charge >= 0.3 is 5.97 Å². The average Bonchev–Trinajstić information content (AvgIpc) is 2.74. The summed E-state index contributed by atoms with van der Waals surface area (Å²) < 4.78 is 46.0. The number of hydrogen-bond donors (Lipinski definition) is 2. The summed E-state index contributed by atoms with van der Waals surface area (Å²) in [5, 5.41) is 2.67. The van der Waals surface area contributed by atoms with Crippen molar-refractivity contribution in [3.8, 4) is 0 Å². The Labute approximate surface area is 179 Å². The zero-order chi connectivity index (χ0) is 22.1. The number of methoxy groups -OCH3 is 1. The maximum absolute atomic E-state index is 13.9. The van der Waals surface area contributed by atoms with Gasteiger partial charge in [-0.2, -0.15) is 16.5 Å². The van der Waals surface area contributed by atoms with Crippen LogP contribution >= 0.6 is 11.8 Å². The standard InChI is InChI=1S/C20H23FN2O5S2/c1-28-20(25)15-9-7-14(8-10-15)13-22-19(24)17(11-12-29-2)23-30(26,27)18-6-4-3-5-16(18)21/h3-10,17,23H,11-13H2,1-2H3,(H,22,24). The maximum Gasteiger partial charge on any atom is 0.337 e. The van der Waals surface area contributed by atoms with E-state index < -0.39 is 38.7 Å². The number of amides is 1. The minimum Gasteiger partial charge on any atom is -0.465 e. The van der Waals surface area contributed by atoms with Crippen LogP contribution in [-0.4, -0.2) is 45.5 Å². The van der Waals surface area contributed by atoms with Gasteiger partial charge in [-0.1, -0.05) is 24.3 Å². The molecule has 1 atom stereocenters. The van der Waals surface area contributed by atoms with Gasteiger partial charge in [-0.25, -0.2) is 17.6 Å². The van der Waals surface area contributed by atoms with E-state index in [-0.39, 0.29) is 13.0 Å². The SMILES string of the molecule is COC(=O)c1ccc(CNC(=O)C(CCSC)NS(=O)(=O)c2ccccc2F)cc1. The van der Waals surface area contributed by atoms with Crippen molar-refractivity contribution in [3.63, 3.8) is 0 Å². The lowest BCUT2D eigenvalue weighted by atomic mass is 10.1. The Bertz CT molecular complexity index is 981. The molecule has 1 unspecified atom stereocenters. The molecule has 2 N–H and O–H groups in total. The molecule has 0 fully saturated rings. The van der Waals surface area contributed by atoms with Gasteiger partial charge in [0.2, 0.25) is 15.9 Å². The summed E-state index contributed by atoms with van der Waals surface area (Å²) in [6.45, 7) is 0.136. The second kappa shape index (κ2) is 11.1. The lowest BCUT2D eigenvalue weighted by Gasteiger charge is -2.18. The van der Waals surface area contributed by atoms with Crippen molar-refractivity contribution in [2.45, 2.75) is 23.9 Å². The van der Waals surface area contributed by atoms with Gasteiger partial charge in [-0.05, 0) is 48.3 Å². The molecule has 0 aliphatic rings. The number of nitrogens with one attached hydrogen (secondary N) is 2. The number of ether oxygens (including phenoxy) is 1. The zero-order valence-electron chi connectivity index (χ0n) is 16.6. The van der Waals surface area contributed by atoms with Crippen LogP contribution in [0.2, 0.25) is 0 Å². The summed E-state index contributed by atoms with van der Waals surface area (Å²) in [6, 6.07) is 10.4. The van der Waals surface area contributed by atoms with E-state index >= 15 is 0 Å². The second-order valence-electron chi connectivity index (χ2n) is 6.29. The third kappa shape index (κ3) is 6.54. The molecule has 7 nitrogen and oxygen atoms in total. The maximum atomic E-state index is 13.9. The third-order valence-corrected chi connectivity index (χ3v) is 6.34. The zero-order valence-corrected chi connectivity index (χ0v) is 18.2. The molecule has 0 aromatic heterocycles. The summed E-state index contributed by atoms with van der Waals surface area (Å²) >= 11 is 1.46. The molecular weight excluding hydrogens is 431 g/mol. The molecule has 0 saturated carbocycles. The first-order valence-electron chi connectivity index (χ1n) is 8.99. The molecule has 2 aromatic carbocycles. The molecule has 10 heteroatoms. The van der Waals surface area contributed by atoms with E-state index in [0.29, 0.717) is 11.3 Å². The number of rotatable bonds is 10. The summed E-state index contributed by atoms with van der Waals surface area (Å²) in [5.41, 5.74) is 1.10. The molecule has 1 amide bonds. The Morgan fingerprint density at radius 1 is 1.13 bits per heavy atom. The van der Waals surface area contributed by atoms with Crippen molar-refractivity contribution in [1.29, 1.82) is 0 Å². The molecular formula is C20H23FN2O5S2. The number of carbonyl (C=O) groups excluding carboxylic acids is 2. The third-order valence-electron chi connectivity index (χ3n) is 4.19. The summed E-state index contributed by atoms with van der Waals surface area (Å²) in [6.07, 6.45) is 2.07. The first-order valence-corrected chi connectivity index (χ1v) is 11.9. The predicted molar refractivity (Wildman–Crippen MR) is 113 cm³/mol. The lowest BCUT2D eigenvalue weighted by molar-refractivity contribution is -0.122. The lowest BCUT2D eigenvalue weighted by Crippen LogP contribution is -2.46. The normalized spacial score (nSPS) is 12.2. The molecule has 0 bridgehead atoms. The molecule has 2 rings (SSSR count). The van der Waals surface area contributed by atoms with Crippen LogP contribution in [0.3, 0.4) is 0 Å². The van der Waals surface area contributed by atoms with Gasteiger partial charge in [0.05, 0.1) is 12.7 Å². The average molecular weight is 455 g/mol. The number of thioether (sulfide) groups is 1. The Balaban J connectivity index is 2.08. The van der Waals surface area contributed by atoms with E-state index in [2.05, 4.69) is 14.8 Å². The molecule has 162 valence electrons. The van der Waals surface area contributed by atoms with Crippen LogP contribution in [0.25, 0.3) is 0 Å². The number of benzene rings is 2. The molecule has 0 aliphatic carbocycles. The van der Waals surface area contributed by atoms with Crippen LogP contribution in [0.1, 0.15) is 22.3 Å². The monoisotopic (exact) mass is 454 g/mol. The van der Waals surface area contributed by atoms with Gasteiger partial charge in [0.1, 0.15) is 16.8 Å². The molecule has 30 heavy (non-hydrogen) atoms. The highest BCUT2D eigenvalue weighted by atomic mass is 32.2. The highest BCUT2D eigenvalue weighted by Gasteiger charge is 2.27. The van der Waals surface area contributed by atoms with Crippen molar-refractivity contribution in [2.24, 2.45) is 0 Å². The predicted octanol–water partition coefficient (Wildman–Crippen LogP) is 2.33. The molecule has 0 radical (unpaired) electrons. The van der Waals surface area contributed by atoms with Crippen molar-refractivity contribution in [2.75, 3.05) is 19.1 Å². The Morgan fingerprint density at radius 3 is 2.40 bits per heavy atom. The molecule has 0 aliphatic heterocycles. The number of carbonyl (C=O) groups is 2. The highest BCUT2D eigenvalue weighted by molar-refractivity contribution is 7.98. The Morgan fingerprint density at radius 2 is 1.80 bits per heavy atom. The van der Waals surface area contributed by atoms with Gasteiger partial charge < -0.3 is 10.1 Å². The first-order chi connectivity index (χ1) is 14.3. The van der Waals surface area contributed by atoms with E-state index in [9.17, 15) is 22.4 Å². The van der Waals surface area contributed by atoms with Gasteiger partial charge in [0.15, 0.2) is 0 Å². The Kier molecular flexibility index (Phi) is 8.82. The molecule has 0 spiro atoms. The van der Waals surface area contributed by atoms with Gasteiger partial charge in [0, 0.05) is 6.54 Å². The number of halogens is 1. The van der Waals surface area contributed by atoms with Crippen molar-refractivity contribution in [3.05, 3.63) is 65.5 Å². The van der Waals surface area contributed by atoms with Crippen LogP contribution in [0.5, 0.6) is 0 Å². The fourth-order valence-corrected chi connectivity index (χ4v) is 4.36. The number of sulfonamides is 1. The molecule has 2 aromatic rings. The molecule has 0 heterocycles. The largest absolute Gasteiger partial charge is 0.465 e. The van der Waals surface area contributed by atoms with E-state index in [1.807, 2.05) is 6.26 Å². The molecule has 0 saturated heterocycles. The van der Waals surface area contributed by atoms with Crippen molar-refractivity contribution >= 4 is 33.7 Å². The van der Waals surface area contributed by atoms with Crippen LogP contribution in [0, 0.1) is 5.82 Å². The van der Waals surface area contributed by atoms with E-state index in [1.54, 1.807) is 24.3 Å². The first kappa shape index (κ1) is 23.8. The summed E-state index contributed by atoms with van der Waals surface area (Å²) in [5.74, 6) is -1.35. The summed E-state index contributed by atoms with van der Waals surface area (Å²) in [4.78, 5) is 23.6. The second-order valence-corrected chi connectivity index (χ2v) is 8.96. The quantitative estimate of drug-likeness (QED) is 0.535. The van der Waals surface area contributed by atoms with Crippen LogP contribution in [-0.2, 0) is 26.1 Å². The number of esters is 1. The smallest absolute Gasteiger partial charge is 0.337 e. The van der Waals surface area contributed by atoms with Crippen LogP contribution in [0.15, 0.2) is 53.4 Å². The highest BCUT2D eigenvalue weighted by Crippen LogP contribution is 2.15. The summed E-state index contributed by atoms with van der Waals surface area (Å²) in [7, 11) is -2.93. The van der Waals surface area contributed by atoms with Gasteiger partial charge in [-0.3, -0.25) is 4.79 Å². The van der Waals surface area contributed by atoms with E-state index in [0.717, 1.165) is 17.7 Å². The topological polar surface area (TPSA) is 102 Å².